The van der Waals surface area contributed by atoms with Crippen LogP contribution in [0.25, 0.3) is 5.65 Å². The van der Waals surface area contributed by atoms with E-state index in [-0.39, 0.29) is 16.2 Å². The van der Waals surface area contributed by atoms with Crippen LogP contribution < -0.4 is 5.69 Å². The van der Waals surface area contributed by atoms with Crippen LogP contribution in [0.15, 0.2) is 46.2 Å². The van der Waals surface area contributed by atoms with Gasteiger partial charge in [0.1, 0.15) is 4.90 Å². The molecule has 1 aliphatic rings. The molecule has 3 heterocycles. The molecule has 0 unspecified atom stereocenters. The number of sulfonamides is 1. The van der Waals surface area contributed by atoms with E-state index in [9.17, 15) is 13.2 Å². The number of rotatable bonds is 4. The van der Waals surface area contributed by atoms with Crippen LogP contribution in [0.2, 0.25) is 0 Å². The van der Waals surface area contributed by atoms with Crippen molar-refractivity contribution in [1.29, 1.82) is 0 Å². The highest BCUT2D eigenvalue weighted by atomic mass is 32.2. The van der Waals surface area contributed by atoms with Gasteiger partial charge in [-0.3, -0.25) is 0 Å². The summed E-state index contributed by atoms with van der Waals surface area (Å²) >= 11 is 0. The number of aromatic nitrogens is 3. The van der Waals surface area contributed by atoms with E-state index in [4.69, 9.17) is 0 Å². The van der Waals surface area contributed by atoms with Crippen molar-refractivity contribution < 1.29 is 8.42 Å². The highest BCUT2D eigenvalue weighted by molar-refractivity contribution is 7.89. The van der Waals surface area contributed by atoms with E-state index < -0.39 is 10.0 Å². The average molecular weight is 415 g/mol. The van der Waals surface area contributed by atoms with Crippen molar-refractivity contribution in [1.82, 2.24) is 18.5 Å². The third-order valence-electron chi connectivity index (χ3n) is 5.58. The van der Waals surface area contributed by atoms with Crippen LogP contribution in [0.3, 0.4) is 0 Å². The number of hydrogen-bond acceptors (Lipinski definition) is 4. The summed E-state index contributed by atoms with van der Waals surface area (Å²) in [4.78, 5) is 13.0. The van der Waals surface area contributed by atoms with Gasteiger partial charge in [0.15, 0.2) is 5.65 Å². The topological polar surface area (TPSA) is 76.7 Å². The van der Waals surface area contributed by atoms with Gasteiger partial charge in [-0.2, -0.15) is 4.31 Å². The molecule has 7 nitrogen and oxygen atoms in total. The molecule has 1 saturated heterocycles. The molecule has 4 rings (SSSR count). The van der Waals surface area contributed by atoms with Gasteiger partial charge in [0.05, 0.1) is 6.54 Å². The predicted octanol–water partition coefficient (Wildman–Crippen LogP) is 2.73. The zero-order valence-corrected chi connectivity index (χ0v) is 17.7. The Bertz CT molecular complexity index is 1200. The number of fused-ring (bicyclic) bond motifs is 1. The fourth-order valence-corrected chi connectivity index (χ4v) is 5.51. The Hall–Kier alpha value is -2.45. The number of benzene rings is 1. The SMILES string of the molecule is Cc1ccc(C)c(Cn2nc3c(S(=O)(=O)N4CCCCCC4)cccn3c2=O)c1. The van der Waals surface area contributed by atoms with Gasteiger partial charge in [-0.15, -0.1) is 5.10 Å². The first-order valence-electron chi connectivity index (χ1n) is 10.0. The molecule has 2 aromatic heterocycles. The second-order valence-corrected chi connectivity index (χ2v) is 9.66. The third kappa shape index (κ3) is 3.74. The van der Waals surface area contributed by atoms with Crippen LogP contribution in [-0.2, 0) is 16.6 Å². The maximum absolute atomic E-state index is 13.3. The lowest BCUT2D eigenvalue weighted by atomic mass is 10.1. The fraction of sp³-hybridized carbons (Fsp3) is 0.429. The maximum atomic E-state index is 13.3. The fourth-order valence-electron chi connectivity index (χ4n) is 3.87. The Morgan fingerprint density at radius 1 is 1.03 bits per heavy atom. The first-order valence-corrected chi connectivity index (χ1v) is 11.5. The van der Waals surface area contributed by atoms with Gasteiger partial charge in [-0.25, -0.2) is 22.3 Å². The van der Waals surface area contributed by atoms with Crippen molar-refractivity contribution in [3.8, 4) is 0 Å². The van der Waals surface area contributed by atoms with Crippen molar-refractivity contribution in [2.24, 2.45) is 0 Å². The molecule has 29 heavy (non-hydrogen) atoms. The van der Waals surface area contributed by atoms with Crippen LogP contribution in [0.5, 0.6) is 0 Å². The monoisotopic (exact) mass is 414 g/mol. The number of aryl methyl sites for hydroxylation is 2. The molecule has 0 bridgehead atoms. The number of pyridine rings is 1. The predicted molar refractivity (Wildman–Crippen MR) is 112 cm³/mol. The van der Waals surface area contributed by atoms with Crippen LogP contribution in [-0.4, -0.2) is 40.0 Å². The molecule has 1 fully saturated rings. The van der Waals surface area contributed by atoms with Crippen molar-refractivity contribution in [3.05, 3.63) is 63.7 Å². The molecule has 154 valence electrons. The Morgan fingerprint density at radius 3 is 2.48 bits per heavy atom. The van der Waals surface area contributed by atoms with Crippen LogP contribution in [0.4, 0.5) is 0 Å². The molecular formula is C21H26N4O3S. The van der Waals surface area contributed by atoms with E-state index in [0.29, 0.717) is 19.6 Å². The molecule has 0 amide bonds. The Balaban J connectivity index is 1.79. The Kier molecular flexibility index (Phi) is 5.31. The van der Waals surface area contributed by atoms with Gasteiger partial charge in [0.2, 0.25) is 10.0 Å². The van der Waals surface area contributed by atoms with Crippen molar-refractivity contribution in [2.45, 2.75) is 51.0 Å². The standard InChI is InChI=1S/C21H26N4O3S/c1-16-9-10-17(2)18(14-16)15-25-21(26)24-13-7-8-19(20(24)22-25)29(27,28)23-11-5-3-4-6-12-23/h7-10,13-14H,3-6,11-12,15H2,1-2H3. The van der Waals surface area contributed by atoms with Crippen molar-refractivity contribution in [2.75, 3.05) is 13.1 Å². The van der Waals surface area contributed by atoms with Gasteiger partial charge < -0.3 is 0 Å². The van der Waals surface area contributed by atoms with Crippen molar-refractivity contribution in [3.63, 3.8) is 0 Å². The summed E-state index contributed by atoms with van der Waals surface area (Å²) in [5.74, 6) is 0. The largest absolute Gasteiger partial charge is 0.350 e. The number of hydrogen-bond donors (Lipinski definition) is 0. The maximum Gasteiger partial charge on any atom is 0.350 e. The minimum Gasteiger partial charge on any atom is -0.249 e. The number of nitrogens with zero attached hydrogens (tertiary/aromatic N) is 4. The second kappa shape index (κ2) is 7.76. The summed E-state index contributed by atoms with van der Waals surface area (Å²) in [6.45, 7) is 5.32. The summed E-state index contributed by atoms with van der Waals surface area (Å²) in [7, 11) is -3.71. The van der Waals surface area contributed by atoms with Crippen LogP contribution in [0, 0.1) is 13.8 Å². The summed E-state index contributed by atoms with van der Waals surface area (Å²) in [6.07, 6.45) is 5.37. The highest BCUT2D eigenvalue weighted by Gasteiger charge is 2.28. The van der Waals surface area contributed by atoms with E-state index in [1.165, 1.54) is 13.4 Å². The third-order valence-corrected chi connectivity index (χ3v) is 7.50. The van der Waals surface area contributed by atoms with E-state index in [2.05, 4.69) is 5.10 Å². The lowest BCUT2D eigenvalue weighted by Crippen LogP contribution is -2.32. The lowest BCUT2D eigenvalue weighted by Gasteiger charge is -2.19. The smallest absolute Gasteiger partial charge is 0.249 e. The Labute approximate surface area is 170 Å². The first-order chi connectivity index (χ1) is 13.9. The second-order valence-electron chi connectivity index (χ2n) is 7.75. The molecule has 0 saturated carbocycles. The molecule has 0 atom stereocenters. The summed E-state index contributed by atoms with van der Waals surface area (Å²) in [6, 6.07) is 9.21. The average Bonchev–Trinajstić information content (AvgIpc) is 2.88. The first kappa shape index (κ1) is 19.8. The van der Waals surface area contributed by atoms with Gasteiger partial charge in [0, 0.05) is 19.3 Å². The summed E-state index contributed by atoms with van der Waals surface area (Å²) < 4.78 is 30.8. The zero-order valence-electron chi connectivity index (χ0n) is 16.8. The van der Waals surface area contributed by atoms with Crippen LogP contribution >= 0.6 is 0 Å². The molecule has 0 N–H and O–H groups in total. The molecule has 1 aromatic carbocycles. The van der Waals surface area contributed by atoms with E-state index in [1.807, 2.05) is 32.0 Å². The van der Waals surface area contributed by atoms with Gasteiger partial charge >= 0.3 is 5.69 Å². The lowest BCUT2D eigenvalue weighted by molar-refractivity contribution is 0.424. The summed E-state index contributed by atoms with van der Waals surface area (Å²) in [5, 5.41) is 4.42. The molecule has 8 heteroatoms. The van der Waals surface area contributed by atoms with Gasteiger partial charge in [-0.05, 0) is 49.9 Å². The van der Waals surface area contributed by atoms with E-state index in [1.54, 1.807) is 18.3 Å². The Morgan fingerprint density at radius 2 is 1.76 bits per heavy atom. The normalized spacial score (nSPS) is 16.2. The quantitative estimate of drug-likeness (QED) is 0.658. The molecule has 0 aliphatic carbocycles. The molecule has 0 radical (unpaired) electrons. The van der Waals surface area contributed by atoms with E-state index in [0.717, 1.165) is 42.4 Å². The minimum absolute atomic E-state index is 0.0960. The van der Waals surface area contributed by atoms with Gasteiger partial charge in [0.25, 0.3) is 0 Å². The molecular weight excluding hydrogens is 388 g/mol. The van der Waals surface area contributed by atoms with E-state index >= 15 is 0 Å². The molecule has 1 aliphatic heterocycles. The van der Waals surface area contributed by atoms with Gasteiger partial charge in [-0.1, -0.05) is 36.6 Å². The molecule has 3 aromatic rings. The zero-order chi connectivity index (χ0) is 20.6. The molecule has 0 spiro atoms. The minimum atomic E-state index is -3.71. The van der Waals surface area contributed by atoms with Crippen LogP contribution in [0.1, 0.15) is 42.4 Å². The van der Waals surface area contributed by atoms with Crippen molar-refractivity contribution >= 4 is 15.7 Å². The highest BCUT2D eigenvalue weighted by Crippen LogP contribution is 2.23. The summed E-state index contributed by atoms with van der Waals surface area (Å²) in [5.41, 5.74) is 3.01.